The lowest BCUT2D eigenvalue weighted by molar-refractivity contribution is 0.660. The predicted molar refractivity (Wildman–Crippen MR) is 237 cm³/mol. The molecule has 0 saturated heterocycles. The Morgan fingerprint density at radius 2 is 0.964 bits per heavy atom. The van der Waals surface area contributed by atoms with Gasteiger partial charge in [0.25, 0.3) is 0 Å². The molecule has 1 aliphatic rings. The number of fused-ring (bicyclic) bond motifs is 8. The van der Waals surface area contributed by atoms with E-state index in [9.17, 15) is 0 Å². The Balaban J connectivity index is 1.06. The number of hydrogen-bond acceptors (Lipinski definition) is 2. The zero-order valence-corrected chi connectivity index (χ0v) is 31.6. The van der Waals surface area contributed by atoms with Crippen molar-refractivity contribution in [3.05, 3.63) is 199 Å². The van der Waals surface area contributed by atoms with E-state index >= 15 is 0 Å². The first kappa shape index (κ1) is 32.0. The maximum absolute atomic E-state index is 2.46. The van der Waals surface area contributed by atoms with Gasteiger partial charge in [0, 0.05) is 42.5 Å². The molecule has 2 heteroatoms. The van der Waals surface area contributed by atoms with Crippen LogP contribution < -0.4 is 4.90 Å². The van der Waals surface area contributed by atoms with Crippen molar-refractivity contribution < 1.29 is 0 Å². The highest BCUT2D eigenvalue weighted by Gasteiger charge is 2.37. The fourth-order valence-corrected chi connectivity index (χ4v) is 10.4. The summed E-state index contributed by atoms with van der Waals surface area (Å²) in [6, 6.07) is 69.6. The zero-order valence-electron chi connectivity index (χ0n) is 30.8. The van der Waals surface area contributed by atoms with Crippen molar-refractivity contribution in [3.63, 3.8) is 0 Å². The molecule has 0 atom stereocenters. The molecule has 0 amide bonds. The summed E-state index contributed by atoms with van der Waals surface area (Å²) in [6.45, 7) is 4.72. The molecule has 1 heterocycles. The van der Waals surface area contributed by atoms with E-state index in [0.29, 0.717) is 0 Å². The van der Waals surface area contributed by atoms with E-state index in [2.05, 4.69) is 207 Å². The molecule has 260 valence electrons. The van der Waals surface area contributed by atoms with Crippen LogP contribution in [0.3, 0.4) is 0 Å². The number of hydrogen-bond donors (Lipinski definition) is 0. The smallest absolute Gasteiger partial charge is 0.0543 e. The molecule has 1 nitrogen and oxygen atoms in total. The van der Waals surface area contributed by atoms with Gasteiger partial charge < -0.3 is 4.90 Å². The highest BCUT2D eigenvalue weighted by atomic mass is 32.1. The van der Waals surface area contributed by atoms with E-state index in [0.717, 1.165) is 11.4 Å². The number of rotatable bonds is 5. The predicted octanol–water partition coefficient (Wildman–Crippen LogP) is 15.5. The van der Waals surface area contributed by atoms with Crippen molar-refractivity contribution in [2.24, 2.45) is 0 Å². The Bertz CT molecular complexity index is 3110. The minimum Gasteiger partial charge on any atom is -0.310 e. The Hall–Kier alpha value is -6.48. The van der Waals surface area contributed by atoms with Crippen LogP contribution in [0, 0.1) is 0 Å². The third-order valence-corrected chi connectivity index (χ3v) is 13.1. The van der Waals surface area contributed by atoms with Crippen molar-refractivity contribution in [3.8, 4) is 33.4 Å². The lowest BCUT2D eigenvalue weighted by atomic mass is 9.82. The van der Waals surface area contributed by atoms with Gasteiger partial charge in [0.2, 0.25) is 0 Å². The summed E-state index contributed by atoms with van der Waals surface area (Å²) in [5, 5.41) is 7.75. The first-order valence-corrected chi connectivity index (χ1v) is 19.9. The fraction of sp³-hybridized carbons (Fsp3) is 0.0566. The van der Waals surface area contributed by atoms with Crippen LogP contribution in [0.1, 0.15) is 25.0 Å². The number of anilines is 3. The van der Waals surface area contributed by atoms with Gasteiger partial charge in [-0.2, -0.15) is 0 Å². The van der Waals surface area contributed by atoms with Crippen LogP contribution >= 0.6 is 11.3 Å². The summed E-state index contributed by atoms with van der Waals surface area (Å²) >= 11 is 1.90. The molecule has 0 aliphatic heterocycles. The standard InChI is InChI=1S/C53H37NS/c1-53(2)47-21-8-7-17-45(47)51-48(53)22-11-23-49(51)54(39-28-24-35(25-29-39)42-18-9-15-34-12-5-6-16-41(34)42)40-30-26-36(27-31-40)43-19-10-20-44-46-32-37-13-3-4-14-38(37)33-50(46)55-52(43)44/h3-33H,1-2H3. The summed E-state index contributed by atoms with van der Waals surface area (Å²) in [5.74, 6) is 0. The molecule has 0 unspecified atom stereocenters. The van der Waals surface area contributed by atoms with Crippen LogP contribution in [0.5, 0.6) is 0 Å². The van der Waals surface area contributed by atoms with Crippen molar-refractivity contribution in [2.45, 2.75) is 19.3 Å². The van der Waals surface area contributed by atoms with Gasteiger partial charge in [0.05, 0.1) is 5.69 Å². The lowest BCUT2D eigenvalue weighted by Gasteiger charge is -2.29. The van der Waals surface area contributed by atoms with Gasteiger partial charge in [-0.15, -0.1) is 11.3 Å². The molecule has 0 spiro atoms. The molecule has 1 aromatic heterocycles. The molecule has 0 saturated carbocycles. The van der Waals surface area contributed by atoms with Gasteiger partial charge in [0.15, 0.2) is 0 Å². The lowest BCUT2D eigenvalue weighted by Crippen LogP contribution is -2.16. The largest absolute Gasteiger partial charge is 0.310 e. The van der Waals surface area contributed by atoms with Crippen LogP contribution in [0.15, 0.2) is 188 Å². The maximum Gasteiger partial charge on any atom is 0.0543 e. The van der Waals surface area contributed by atoms with E-state index in [1.165, 1.54) is 91.9 Å². The average Bonchev–Trinajstić information content (AvgIpc) is 3.72. The third-order valence-electron chi connectivity index (χ3n) is 11.9. The van der Waals surface area contributed by atoms with Crippen molar-refractivity contribution in [2.75, 3.05) is 4.90 Å². The SMILES string of the molecule is CC1(C)c2ccccc2-c2c(N(c3ccc(-c4cccc5ccccc45)cc3)c3ccc(-c4cccc5c4sc4cc6ccccc6cc45)cc3)cccc21. The number of benzene rings is 9. The van der Waals surface area contributed by atoms with Crippen LogP contribution in [-0.4, -0.2) is 0 Å². The van der Waals surface area contributed by atoms with Gasteiger partial charge in [-0.05, 0) is 103 Å². The number of nitrogens with zero attached hydrogens (tertiary/aromatic N) is 1. The van der Waals surface area contributed by atoms with Gasteiger partial charge in [-0.25, -0.2) is 0 Å². The highest BCUT2D eigenvalue weighted by molar-refractivity contribution is 7.26. The maximum atomic E-state index is 2.46. The van der Waals surface area contributed by atoms with Crippen molar-refractivity contribution in [1.82, 2.24) is 0 Å². The molecule has 11 rings (SSSR count). The molecular weight excluding hydrogens is 683 g/mol. The minimum absolute atomic E-state index is 0.0928. The highest BCUT2D eigenvalue weighted by Crippen LogP contribution is 2.54. The molecule has 9 aromatic carbocycles. The van der Waals surface area contributed by atoms with Gasteiger partial charge in [0.1, 0.15) is 0 Å². The topological polar surface area (TPSA) is 3.24 Å². The molecule has 0 radical (unpaired) electrons. The normalized spacial score (nSPS) is 13.1. The van der Waals surface area contributed by atoms with Crippen LogP contribution in [0.2, 0.25) is 0 Å². The van der Waals surface area contributed by atoms with Crippen LogP contribution in [0.25, 0.3) is 75.1 Å². The summed E-state index contributed by atoms with van der Waals surface area (Å²) < 4.78 is 2.66. The van der Waals surface area contributed by atoms with Gasteiger partial charge in [-0.1, -0.05) is 159 Å². The Labute approximate surface area is 325 Å². The second-order valence-corrected chi connectivity index (χ2v) is 16.4. The fourth-order valence-electron chi connectivity index (χ4n) is 9.12. The van der Waals surface area contributed by atoms with E-state index in [1.807, 2.05) is 11.3 Å². The Morgan fingerprint density at radius 3 is 1.75 bits per heavy atom. The van der Waals surface area contributed by atoms with Crippen LogP contribution in [-0.2, 0) is 5.41 Å². The van der Waals surface area contributed by atoms with E-state index < -0.39 is 0 Å². The second kappa shape index (κ2) is 12.3. The Morgan fingerprint density at radius 1 is 0.418 bits per heavy atom. The summed E-state index contributed by atoms with van der Waals surface area (Å²) in [5.41, 5.74) is 13.7. The average molecular weight is 720 g/mol. The second-order valence-electron chi connectivity index (χ2n) is 15.3. The van der Waals surface area contributed by atoms with E-state index in [4.69, 9.17) is 0 Å². The zero-order chi connectivity index (χ0) is 36.7. The minimum atomic E-state index is -0.0928. The quantitative estimate of drug-likeness (QED) is 0.171. The molecule has 0 bridgehead atoms. The summed E-state index contributed by atoms with van der Waals surface area (Å²) in [4.78, 5) is 2.46. The summed E-state index contributed by atoms with van der Waals surface area (Å²) in [7, 11) is 0. The third kappa shape index (κ3) is 4.99. The van der Waals surface area contributed by atoms with Crippen LogP contribution in [0.4, 0.5) is 17.1 Å². The summed E-state index contributed by atoms with van der Waals surface area (Å²) in [6.07, 6.45) is 0. The molecule has 1 aliphatic carbocycles. The van der Waals surface area contributed by atoms with E-state index in [-0.39, 0.29) is 5.41 Å². The molecule has 0 fully saturated rings. The first-order chi connectivity index (χ1) is 27.0. The van der Waals surface area contributed by atoms with Gasteiger partial charge in [-0.3, -0.25) is 0 Å². The molecular formula is C53H37NS. The molecule has 10 aromatic rings. The monoisotopic (exact) mass is 719 g/mol. The molecule has 55 heavy (non-hydrogen) atoms. The van der Waals surface area contributed by atoms with Gasteiger partial charge >= 0.3 is 0 Å². The Kier molecular flexibility index (Phi) is 7.14. The van der Waals surface area contributed by atoms with Crippen molar-refractivity contribution in [1.29, 1.82) is 0 Å². The van der Waals surface area contributed by atoms with Crippen molar-refractivity contribution >= 4 is 70.1 Å². The molecule has 0 N–H and O–H groups in total. The number of thiophene rings is 1. The first-order valence-electron chi connectivity index (χ1n) is 19.1. The van der Waals surface area contributed by atoms with E-state index in [1.54, 1.807) is 0 Å².